The summed E-state index contributed by atoms with van der Waals surface area (Å²) in [5.41, 5.74) is 0.0972. The molecule has 0 aliphatic carbocycles. The van der Waals surface area contributed by atoms with E-state index in [2.05, 4.69) is 10.3 Å². The number of benzene rings is 2. The molecule has 1 heterocycles. The lowest BCUT2D eigenvalue weighted by molar-refractivity contribution is -0.113. The van der Waals surface area contributed by atoms with E-state index in [9.17, 15) is 18.4 Å². The van der Waals surface area contributed by atoms with Gasteiger partial charge in [-0.05, 0) is 37.6 Å². The highest BCUT2D eigenvalue weighted by Crippen LogP contribution is 2.20. The number of aromatic nitrogens is 2. The maximum atomic E-state index is 13.7. The van der Waals surface area contributed by atoms with Crippen LogP contribution >= 0.6 is 11.8 Å². The average molecular weight is 433 g/mol. The van der Waals surface area contributed by atoms with Crippen LogP contribution < -0.4 is 10.9 Å². The van der Waals surface area contributed by atoms with Gasteiger partial charge >= 0.3 is 0 Å². The molecule has 1 aromatic heterocycles. The Kier molecular flexibility index (Phi) is 7.53. The minimum Gasteiger partial charge on any atom is -0.382 e. The van der Waals surface area contributed by atoms with Crippen LogP contribution in [0.3, 0.4) is 0 Å². The van der Waals surface area contributed by atoms with Gasteiger partial charge in [0.1, 0.15) is 11.6 Å². The summed E-state index contributed by atoms with van der Waals surface area (Å²) in [7, 11) is 0. The highest BCUT2D eigenvalue weighted by Gasteiger charge is 2.14. The van der Waals surface area contributed by atoms with Crippen LogP contribution in [-0.4, -0.2) is 34.4 Å². The number of anilines is 1. The maximum absolute atomic E-state index is 13.7. The number of halogens is 2. The molecule has 0 atom stereocenters. The summed E-state index contributed by atoms with van der Waals surface area (Å²) >= 11 is 1.06. The largest absolute Gasteiger partial charge is 0.382 e. The van der Waals surface area contributed by atoms with Gasteiger partial charge in [-0.15, -0.1) is 0 Å². The molecule has 0 aliphatic heterocycles. The zero-order valence-electron chi connectivity index (χ0n) is 16.4. The van der Waals surface area contributed by atoms with Crippen molar-refractivity contribution in [2.75, 3.05) is 24.3 Å². The summed E-state index contributed by atoms with van der Waals surface area (Å²) in [5.74, 6) is -2.04. The quantitative estimate of drug-likeness (QED) is 0.315. The lowest BCUT2D eigenvalue weighted by Crippen LogP contribution is -2.25. The summed E-state index contributed by atoms with van der Waals surface area (Å²) in [6.07, 6.45) is 0.613. The number of hydrogen-bond acceptors (Lipinski definition) is 5. The van der Waals surface area contributed by atoms with E-state index in [0.717, 1.165) is 30.0 Å². The number of hydrogen-bond donors (Lipinski definition) is 1. The van der Waals surface area contributed by atoms with Gasteiger partial charge in [0.05, 0.1) is 22.3 Å². The van der Waals surface area contributed by atoms with Crippen LogP contribution in [-0.2, 0) is 16.1 Å². The number of amides is 1. The van der Waals surface area contributed by atoms with Crippen molar-refractivity contribution in [3.8, 4) is 0 Å². The van der Waals surface area contributed by atoms with Gasteiger partial charge in [-0.3, -0.25) is 14.2 Å². The Morgan fingerprint density at radius 1 is 1.23 bits per heavy atom. The van der Waals surface area contributed by atoms with Crippen molar-refractivity contribution in [1.82, 2.24) is 9.55 Å². The maximum Gasteiger partial charge on any atom is 0.262 e. The summed E-state index contributed by atoms with van der Waals surface area (Å²) in [4.78, 5) is 29.7. The van der Waals surface area contributed by atoms with Crippen molar-refractivity contribution in [2.45, 2.75) is 25.0 Å². The first-order valence-electron chi connectivity index (χ1n) is 9.44. The molecule has 0 radical (unpaired) electrons. The number of thioether (sulfide) groups is 1. The molecule has 0 aliphatic rings. The number of nitrogens with one attached hydrogen (secondary N) is 1. The first-order valence-corrected chi connectivity index (χ1v) is 10.4. The van der Waals surface area contributed by atoms with Gasteiger partial charge in [0.25, 0.3) is 5.56 Å². The Bertz CT molecular complexity index is 1100. The molecule has 6 nitrogen and oxygen atoms in total. The van der Waals surface area contributed by atoms with Crippen LogP contribution in [0.2, 0.25) is 0 Å². The number of fused-ring (bicyclic) bond motifs is 1. The third kappa shape index (κ3) is 5.43. The van der Waals surface area contributed by atoms with Crippen LogP contribution in [0.4, 0.5) is 14.5 Å². The van der Waals surface area contributed by atoms with Gasteiger partial charge < -0.3 is 10.1 Å². The zero-order chi connectivity index (χ0) is 21.5. The second kappa shape index (κ2) is 10.3. The summed E-state index contributed by atoms with van der Waals surface area (Å²) < 4.78 is 33.9. The predicted octanol–water partition coefficient (Wildman–Crippen LogP) is 3.83. The molecule has 0 saturated carbocycles. The van der Waals surface area contributed by atoms with E-state index in [1.165, 1.54) is 4.57 Å². The molecule has 3 aromatic rings. The Morgan fingerprint density at radius 3 is 2.83 bits per heavy atom. The van der Waals surface area contributed by atoms with Gasteiger partial charge in [0.15, 0.2) is 5.16 Å². The van der Waals surface area contributed by atoms with Crippen LogP contribution in [0.15, 0.2) is 52.4 Å². The van der Waals surface area contributed by atoms with Crippen molar-refractivity contribution in [2.24, 2.45) is 0 Å². The molecule has 0 bridgehead atoms. The second-order valence-electron chi connectivity index (χ2n) is 6.38. The van der Waals surface area contributed by atoms with E-state index in [0.29, 0.717) is 42.2 Å². The van der Waals surface area contributed by atoms with Crippen molar-refractivity contribution >= 4 is 34.3 Å². The van der Waals surface area contributed by atoms with Crippen LogP contribution in [0.25, 0.3) is 10.9 Å². The van der Waals surface area contributed by atoms with Crippen molar-refractivity contribution < 1.29 is 18.3 Å². The molecule has 2 aromatic carbocycles. The molecule has 0 saturated heterocycles. The predicted molar refractivity (Wildman–Crippen MR) is 113 cm³/mol. The number of carbonyl (C=O) groups is 1. The Hall–Kier alpha value is -2.78. The average Bonchev–Trinajstić information content (AvgIpc) is 2.74. The third-order valence-corrected chi connectivity index (χ3v) is 5.21. The Balaban J connectivity index is 1.78. The molecule has 3 rings (SSSR count). The van der Waals surface area contributed by atoms with E-state index in [-0.39, 0.29) is 17.0 Å². The third-order valence-electron chi connectivity index (χ3n) is 4.24. The molecule has 1 N–H and O–H groups in total. The van der Waals surface area contributed by atoms with Crippen molar-refractivity contribution in [3.63, 3.8) is 0 Å². The number of ether oxygens (including phenoxy) is 1. The molecule has 0 fully saturated rings. The Labute approximate surface area is 176 Å². The lowest BCUT2D eigenvalue weighted by Gasteiger charge is -2.13. The SMILES string of the molecule is CCOCCCn1c(SCC(=O)Nc2cc(F)ccc2F)nc2ccccc2c1=O. The number of para-hydroxylation sites is 1. The highest BCUT2D eigenvalue weighted by atomic mass is 32.2. The highest BCUT2D eigenvalue weighted by molar-refractivity contribution is 7.99. The molecule has 0 spiro atoms. The van der Waals surface area contributed by atoms with E-state index in [1.807, 2.05) is 6.92 Å². The molecule has 30 heavy (non-hydrogen) atoms. The fraction of sp³-hybridized carbons (Fsp3) is 0.286. The van der Waals surface area contributed by atoms with Gasteiger partial charge in [-0.2, -0.15) is 0 Å². The molecule has 158 valence electrons. The van der Waals surface area contributed by atoms with Crippen LogP contribution in [0.1, 0.15) is 13.3 Å². The summed E-state index contributed by atoms with van der Waals surface area (Å²) in [6.45, 7) is 3.37. The fourth-order valence-corrected chi connectivity index (χ4v) is 3.66. The second-order valence-corrected chi connectivity index (χ2v) is 7.32. The molecular weight excluding hydrogens is 412 g/mol. The van der Waals surface area contributed by atoms with E-state index in [1.54, 1.807) is 24.3 Å². The van der Waals surface area contributed by atoms with Crippen molar-refractivity contribution in [1.29, 1.82) is 0 Å². The fourth-order valence-electron chi connectivity index (χ4n) is 2.83. The summed E-state index contributed by atoms with van der Waals surface area (Å²) in [6, 6.07) is 9.81. The van der Waals surface area contributed by atoms with Gasteiger partial charge in [0.2, 0.25) is 5.91 Å². The van der Waals surface area contributed by atoms with Crippen LogP contribution in [0.5, 0.6) is 0 Å². The van der Waals surface area contributed by atoms with Gasteiger partial charge in [-0.25, -0.2) is 13.8 Å². The van der Waals surface area contributed by atoms with Gasteiger partial charge in [-0.1, -0.05) is 23.9 Å². The lowest BCUT2D eigenvalue weighted by atomic mass is 10.2. The van der Waals surface area contributed by atoms with E-state index in [4.69, 9.17) is 4.74 Å². The minimum absolute atomic E-state index is 0.119. The zero-order valence-corrected chi connectivity index (χ0v) is 17.2. The van der Waals surface area contributed by atoms with E-state index >= 15 is 0 Å². The minimum atomic E-state index is -0.730. The molecule has 9 heteroatoms. The van der Waals surface area contributed by atoms with Crippen LogP contribution in [0, 0.1) is 11.6 Å². The van der Waals surface area contributed by atoms with Crippen molar-refractivity contribution in [3.05, 3.63) is 64.5 Å². The van der Waals surface area contributed by atoms with E-state index < -0.39 is 17.5 Å². The number of rotatable bonds is 9. The molecule has 1 amide bonds. The topological polar surface area (TPSA) is 73.2 Å². The molecule has 0 unspecified atom stereocenters. The molecular formula is C21H21F2N3O3S. The summed E-state index contributed by atoms with van der Waals surface area (Å²) in [5, 5.41) is 3.21. The first-order chi connectivity index (χ1) is 14.5. The number of nitrogens with zero attached hydrogens (tertiary/aromatic N) is 2. The van der Waals surface area contributed by atoms with Gasteiger partial charge in [0, 0.05) is 25.8 Å². The number of carbonyl (C=O) groups excluding carboxylic acids is 1. The standard InChI is InChI=1S/C21H21F2N3O3S/c1-2-29-11-5-10-26-20(28)15-6-3-4-7-17(15)25-21(26)30-13-19(27)24-18-12-14(22)8-9-16(18)23/h3-4,6-9,12H,2,5,10-11,13H2,1H3,(H,24,27). The normalized spacial score (nSPS) is 11.0. The monoisotopic (exact) mass is 433 g/mol. The first kappa shape index (κ1) is 21.9. The smallest absolute Gasteiger partial charge is 0.262 e. The Morgan fingerprint density at radius 2 is 2.03 bits per heavy atom.